The normalized spacial score (nSPS) is 11.6. The Balaban J connectivity index is 1.56. The Morgan fingerprint density at radius 3 is 1.12 bits per heavy atom. The SMILES string of the molecule is Cc1ccc(C(C)C)c(OP(OCc2ccc([N+](=O)[O-])cc2OP(Oc2cc(C)ccc2C(C)C)Oc2cc(C)ccc2C(C)C)Oc2cc(C)ccc2C(C)C)c1. The first kappa shape index (κ1) is 44.4. The molecule has 0 atom stereocenters. The van der Waals surface area contributed by atoms with Crippen LogP contribution < -0.4 is 22.6 Å². The van der Waals surface area contributed by atoms with Gasteiger partial charge in [0.1, 0.15) is 28.7 Å². The van der Waals surface area contributed by atoms with Gasteiger partial charge in [-0.15, -0.1) is 0 Å². The third-order valence-corrected chi connectivity index (χ3v) is 11.7. The molecule has 0 saturated carbocycles. The smallest absolute Gasteiger partial charge is 0.417 e. The van der Waals surface area contributed by atoms with Crippen LogP contribution in [0.15, 0.2) is 91.0 Å². The van der Waals surface area contributed by atoms with Crippen molar-refractivity contribution in [1.82, 2.24) is 0 Å². The molecule has 0 unspecified atom stereocenters. The first-order chi connectivity index (χ1) is 27.5. The van der Waals surface area contributed by atoms with Crippen LogP contribution in [0.5, 0.6) is 28.7 Å². The van der Waals surface area contributed by atoms with Gasteiger partial charge in [0.2, 0.25) is 0 Å². The van der Waals surface area contributed by atoms with Crippen molar-refractivity contribution in [2.45, 2.75) is 113 Å². The molecular formula is C47H57NO8P2. The molecule has 0 radical (unpaired) electrons. The summed E-state index contributed by atoms with van der Waals surface area (Å²) in [5.41, 5.74) is 8.47. The van der Waals surface area contributed by atoms with Gasteiger partial charge in [-0.05, 0) is 126 Å². The summed E-state index contributed by atoms with van der Waals surface area (Å²) in [5, 5.41) is 12.2. The van der Waals surface area contributed by atoms with Gasteiger partial charge in [-0.25, -0.2) is 0 Å². The lowest BCUT2D eigenvalue weighted by molar-refractivity contribution is -0.384. The van der Waals surface area contributed by atoms with E-state index in [2.05, 4.69) is 79.7 Å². The fraction of sp³-hybridized carbons (Fsp3) is 0.362. The summed E-state index contributed by atoms with van der Waals surface area (Å²) < 4.78 is 39.9. The van der Waals surface area contributed by atoms with Crippen LogP contribution in [-0.2, 0) is 11.1 Å². The van der Waals surface area contributed by atoms with Gasteiger partial charge in [0, 0.05) is 11.6 Å². The van der Waals surface area contributed by atoms with Crippen LogP contribution in [0.2, 0.25) is 0 Å². The molecule has 0 aliphatic rings. The Hall–Kier alpha value is -4.68. The van der Waals surface area contributed by atoms with Crippen LogP contribution >= 0.6 is 17.2 Å². The molecule has 308 valence electrons. The van der Waals surface area contributed by atoms with E-state index in [-0.39, 0.29) is 41.7 Å². The molecule has 9 nitrogen and oxygen atoms in total. The number of aryl methyl sites for hydroxylation is 4. The maximum Gasteiger partial charge on any atom is 0.530 e. The van der Waals surface area contributed by atoms with Crippen LogP contribution in [0, 0.1) is 37.8 Å². The van der Waals surface area contributed by atoms with Gasteiger partial charge in [-0.1, -0.05) is 104 Å². The Labute approximate surface area is 347 Å². The minimum absolute atomic E-state index is 0.0583. The lowest BCUT2D eigenvalue weighted by Crippen LogP contribution is -2.08. The van der Waals surface area contributed by atoms with E-state index in [0.717, 1.165) is 44.5 Å². The number of rotatable bonds is 18. The Kier molecular flexibility index (Phi) is 15.2. The van der Waals surface area contributed by atoms with E-state index in [9.17, 15) is 10.1 Å². The van der Waals surface area contributed by atoms with Crippen molar-refractivity contribution in [3.05, 3.63) is 151 Å². The summed E-state index contributed by atoms with van der Waals surface area (Å²) in [4.78, 5) is 11.7. The van der Waals surface area contributed by atoms with Gasteiger partial charge in [0.05, 0.1) is 17.6 Å². The molecule has 0 heterocycles. The van der Waals surface area contributed by atoms with Gasteiger partial charge < -0.3 is 22.6 Å². The zero-order valence-corrected chi connectivity index (χ0v) is 37.6. The van der Waals surface area contributed by atoms with Crippen molar-refractivity contribution >= 4 is 22.9 Å². The molecular weight excluding hydrogens is 768 g/mol. The van der Waals surface area contributed by atoms with E-state index in [4.69, 9.17) is 27.1 Å². The summed E-state index contributed by atoms with van der Waals surface area (Å²) in [5.74, 6) is 3.41. The van der Waals surface area contributed by atoms with Crippen molar-refractivity contribution in [1.29, 1.82) is 0 Å². The largest absolute Gasteiger partial charge is 0.530 e. The minimum Gasteiger partial charge on any atom is -0.417 e. The Morgan fingerprint density at radius 1 is 0.466 bits per heavy atom. The highest BCUT2D eigenvalue weighted by atomic mass is 31.2. The molecule has 0 aromatic heterocycles. The number of non-ortho nitro benzene ring substituents is 1. The highest BCUT2D eigenvalue weighted by molar-refractivity contribution is 7.43. The third-order valence-electron chi connectivity index (χ3n) is 9.62. The molecule has 0 spiro atoms. The Bertz CT molecular complexity index is 2080. The lowest BCUT2D eigenvalue weighted by Gasteiger charge is -2.24. The summed E-state index contributed by atoms with van der Waals surface area (Å²) in [6, 6.07) is 28.8. The van der Waals surface area contributed by atoms with Gasteiger partial charge in [0.25, 0.3) is 5.69 Å². The number of hydrogen-bond acceptors (Lipinski definition) is 8. The van der Waals surface area contributed by atoms with E-state index in [1.165, 1.54) is 12.1 Å². The fourth-order valence-electron chi connectivity index (χ4n) is 6.30. The van der Waals surface area contributed by atoms with E-state index in [1.807, 2.05) is 76.2 Å². The van der Waals surface area contributed by atoms with Crippen LogP contribution in [0.25, 0.3) is 0 Å². The van der Waals surface area contributed by atoms with Gasteiger partial charge in [-0.2, -0.15) is 0 Å². The second-order valence-corrected chi connectivity index (χ2v) is 18.1. The second kappa shape index (κ2) is 19.8. The van der Waals surface area contributed by atoms with E-state index in [1.54, 1.807) is 6.07 Å². The van der Waals surface area contributed by atoms with Gasteiger partial charge in [-0.3, -0.25) is 14.6 Å². The quantitative estimate of drug-likeness (QED) is 0.0489. The molecule has 11 heteroatoms. The summed E-state index contributed by atoms with van der Waals surface area (Å²) in [6.07, 6.45) is 0. The second-order valence-electron chi connectivity index (χ2n) is 16.0. The molecule has 0 aliphatic carbocycles. The molecule has 0 bridgehead atoms. The fourth-order valence-corrected chi connectivity index (χ4v) is 8.41. The van der Waals surface area contributed by atoms with Gasteiger partial charge >= 0.3 is 17.2 Å². The van der Waals surface area contributed by atoms with E-state index >= 15 is 0 Å². The monoisotopic (exact) mass is 825 g/mol. The molecule has 58 heavy (non-hydrogen) atoms. The predicted octanol–water partition coefficient (Wildman–Crippen LogP) is 15.0. The predicted molar refractivity (Wildman–Crippen MR) is 236 cm³/mol. The lowest BCUT2D eigenvalue weighted by atomic mass is 10.0. The number of hydrogen-bond donors (Lipinski definition) is 0. The topological polar surface area (TPSA) is 98.5 Å². The highest BCUT2D eigenvalue weighted by Crippen LogP contribution is 2.50. The molecule has 5 aromatic carbocycles. The maximum absolute atomic E-state index is 12.2. The zero-order chi connectivity index (χ0) is 42.3. The van der Waals surface area contributed by atoms with Gasteiger partial charge in [0.15, 0.2) is 0 Å². The average Bonchev–Trinajstić information content (AvgIpc) is 3.13. The number of benzene rings is 5. The summed E-state index contributed by atoms with van der Waals surface area (Å²) in [7, 11) is -4.27. The molecule has 5 rings (SSSR count). The van der Waals surface area contributed by atoms with Crippen LogP contribution in [-0.4, -0.2) is 4.92 Å². The first-order valence-electron chi connectivity index (χ1n) is 19.8. The maximum atomic E-state index is 12.2. The van der Waals surface area contributed by atoms with Crippen molar-refractivity contribution in [3.63, 3.8) is 0 Å². The number of nitrogens with zero attached hydrogens (tertiary/aromatic N) is 1. The van der Waals surface area contributed by atoms with Crippen LogP contribution in [0.1, 0.15) is 129 Å². The minimum atomic E-state index is -2.22. The first-order valence-corrected chi connectivity index (χ1v) is 22.0. The van der Waals surface area contributed by atoms with Crippen molar-refractivity contribution in [2.75, 3.05) is 0 Å². The molecule has 0 amide bonds. The van der Waals surface area contributed by atoms with Crippen molar-refractivity contribution < 1.29 is 32.1 Å². The molecule has 0 saturated heterocycles. The van der Waals surface area contributed by atoms with E-state index in [0.29, 0.717) is 28.6 Å². The molecule has 5 aromatic rings. The van der Waals surface area contributed by atoms with Crippen LogP contribution in [0.4, 0.5) is 5.69 Å². The van der Waals surface area contributed by atoms with Crippen LogP contribution in [0.3, 0.4) is 0 Å². The standard InChI is InChI=1S/C47H57NO8P2/c1-29(2)39-19-13-33(9)23-44(39)53-57(54-45-24-34(10)14-20-40(45)30(3)4)51-28-37-17-18-38(48(49)50)27-43(37)52-58(55-46-25-35(11)15-21-41(46)31(5)6)56-47-26-36(12)16-22-42(47)32(7)8/h13-27,29-32H,28H2,1-12H3. The average molecular weight is 826 g/mol. The number of nitro benzene ring substituents is 1. The highest BCUT2D eigenvalue weighted by Gasteiger charge is 2.29. The molecule has 0 N–H and O–H groups in total. The molecule has 0 fully saturated rings. The van der Waals surface area contributed by atoms with Crippen molar-refractivity contribution in [3.8, 4) is 28.7 Å². The third kappa shape index (κ3) is 11.7. The molecule has 0 aliphatic heterocycles. The summed E-state index contributed by atoms with van der Waals surface area (Å²) >= 11 is 0. The Morgan fingerprint density at radius 2 is 0.793 bits per heavy atom. The number of nitro groups is 1. The van der Waals surface area contributed by atoms with E-state index < -0.39 is 22.1 Å². The summed E-state index contributed by atoms with van der Waals surface area (Å²) in [6.45, 7) is 24.8. The zero-order valence-electron chi connectivity index (χ0n) is 35.8. The van der Waals surface area contributed by atoms with Crippen molar-refractivity contribution in [2.24, 2.45) is 0 Å².